The molecule has 4 atom stereocenters. The van der Waals surface area contributed by atoms with Gasteiger partial charge in [-0.3, -0.25) is 4.99 Å². The highest BCUT2D eigenvalue weighted by Crippen LogP contribution is 2.56. The number of carbonyl (C=O) groups excluding carboxylic acids is 1. The standard InChI is InChI=1S/C30H37FN4O/c1-4-35(5-2)29(36)34-27(21-9-7-6-8-10-21)17-23-11-12-24-18-28(22(20-32)19-30(23,24)3)33-26-15-13-25(31)14-16-26/h6-10,13-16,18,20,22-23,27,32H,4-5,11-12,17,19H2,1-3H3,(H,34,36). The minimum atomic E-state index is -0.281. The van der Waals surface area contributed by atoms with Gasteiger partial charge in [0.15, 0.2) is 0 Å². The first-order chi connectivity index (χ1) is 17.4. The van der Waals surface area contributed by atoms with Crippen molar-refractivity contribution in [1.82, 2.24) is 10.2 Å². The lowest BCUT2D eigenvalue weighted by Crippen LogP contribution is -2.43. The lowest BCUT2D eigenvalue weighted by Gasteiger charge is -2.40. The first kappa shape index (κ1) is 25.8. The van der Waals surface area contributed by atoms with E-state index >= 15 is 0 Å². The Hall–Kier alpha value is -3.28. The van der Waals surface area contributed by atoms with Gasteiger partial charge in [0.05, 0.1) is 11.7 Å². The second kappa shape index (κ2) is 11.2. The molecule has 2 aliphatic carbocycles. The number of fused-ring (bicyclic) bond motifs is 1. The van der Waals surface area contributed by atoms with Gasteiger partial charge >= 0.3 is 6.03 Å². The lowest BCUT2D eigenvalue weighted by atomic mass is 9.65. The molecule has 5 nitrogen and oxygen atoms in total. The molecule has 190 valence electrons. The summed E-state index contributed by atoms with van der Waals surface area (Å²) < 4.78 is 13.3. The minimum absolute atomic E-state index is 0.0255. The van der Waals surface area contributed by atoms with E-state index in [-0.39, 0.29) is 29.2 Å². The lowest BCUT2D eigenvalue weighted by molar-refractivity contribution is 0.184. The summed E-state index contributed by atoms with van der Waals surface area (Å²) in [5, 5.41) is 11.4. The fourth-order valence-electron chi connectivity index (χ4n) is 5.88. The summed E-state index contributed by atoms with van der Waals surface area (Å²) in [6.45, 7) is 7.67. The number of nitrogens with zero attached hydrogens (tertiary/aromatic N) is 2. The summed E-state index contributed by atoms with van der Waals surface area (Å²) >= 11 is 0. The second-order valence-corrected chi connectivity index (χ2v) is 10.1. The number of hydrogen-bond acceptors (Lipinski definition) is 3. The van der Waals surface area contributed by atoms with Gasteiger partial charge in [0, 0.05) is 30.9 Å². The number of carbonyl (C=O) groups is 1. The van der Waals surface area contributed by atoms with Crippen LogP contribution in [0.25, 0.3) is 0 Å². The molecule has 0 aromatic heterocycles. The molecule has 0 heterocycles. The Labute approximate surface area is 214 Å². The van der Waals surface area contributed by atoms with E-state index in [4.69, 9.17) is 10.4 Å². The Morgan fingerprint density at radius 1 is 1.19 bits per heavy atom. The average molecular weight is 489 g/mol. The van der Waals surface area contributed by atoms with Crippen LogP contribution in [0.3, 0.4) is 0 Å². The van der Waals surface area contributed by atoms with Crippen LogP contribution in [0.15, 0.2) is 71.2 Å². The van der Waals surface area contributed by atoms with E-state index in [2.05, 4.69) is 30.4 Å². The number of benzene rings is 2. The molecule has 2 N–H and O–H groups in total. The normalized spacial score (nSPS) is 25.1. The third-order valence-electron chi connectivity index (χ3n) is 8.10. The highest BCUT2D eigenvalue weighted by Gasteiger charge is 2.47. The van der Waals surface area contributed by atoms with Crippen molar-refractivity contribution in [3.8, 4) is 0 Å². The fraction of sp³-hybridized carbons (Fsp3) is 0.433. The maximum absolute atomic E-state index is 13.3. The highest BCUT2D eigenvalue weighted by molar-refractivity contribution is 6.08. The SMILES string of the molecule is CCN(CC)C(=O)NC(CC1CCC2=CC(=Nc3ccc(F)cc3)C(C=N)CC21C)c1ccccc1. The van der Waals surface area contributed by atoms with Crippen molar-refractivity contribution in [2.75, 3.05) is 13.1 Å². The molecule has 4 rings (SSSR count). The number of nitrogens with one attached hydrogen (secondary N) is 2. The number of urea groups is 1. The van der Waals surface area contributed by atoms with Crippen LogP contribution in [0.2, 0.25) is 0 Å². The smallest absolute Gasteiger partial charge is 0.317 e. The fourth-order valence-corrected chi connectivity index (χ4v) is 5.88. The van der Waals surface area contributed by atoms with Gasteiger partial charge in [0.2, 0.25) is 0 Å². The monoisotopic (exact) mass is 488 g/mol. The maximum atomic E-state index is 13.3. The van der Waals surface area contributed by atoms with Crippen LogP contribution in [0, 0.1) is 28.5 Å². The molecule has 6 heteroatoms. The molecule has 1 saturated carbocycles. The van der Waals surface area contributed by atoms with Gasteiger partial charge in [-0.05, 0) is 86.8 Å². The molecular weight excluding hydrogens is 451 g/mol. The molecule has 0 saturated heterocycles. The van der Waals surface area contributed by atoms with Crippen LogP contribution in [0.4, 0.5) is 14.9 Å². The molecular formula is C30H37FN4O. The van der Waals surface area contributed by atoms with Crippen molar-refractivity contribution in [1.29, 1.82) is 5.41 Å². The van der Waals surface area contributed by atoms with Gasteiger partial charge in [-0.25, -0.2) is 9.18 Å². The van der Waals surface area contributed by atoms with Crippen LogP contribution in [-0.2, 0) is 0 Å². The topological polar surface area (TPSA) is 68.6 Å². The molecule has 0 bridgehead atoms. The molecule has 4 unspecified atom stereocenters. The van der Waals surface area contributed by atoms with Gasteiger partial charge in [-0.15, -0.1) is 0 Å². The third-order valence-corrected chi connectivity index (χ3v) is 8.10. The Kier molecular flexibility index (Phi) is 8.02. The zero-order chi connectivity index (χ0) is 25.7. The van der Waals surface area contributed by atoms with Crippen molar-refractivity contribution in [3.63, 3.8) is 0 Å². The first-order valence-corrected chi connectivity index (χ1v) is 13.0. The summed E-state index contributed by atoms with van der Waals surface area (Å²) in [6, 6.07) is 16.3. The Morgan fingerprint density at radius 2 is 1.89 bits per heavy atom. The summed E-state index contributed by atoms with van der Waals surface area (Å²) in [6.07, 6.45) is 7.36. The van der Waals surface area contributed by atoms with E-state index in [1.807, 2.05) is 36.9 Å². The summed E-state index contributed by atoms with van der Waals surface area (Å²) in [7, 11) is 0. The van der Waals surface area contributed by atoms with Gasteiger partial charge in [0.1, 0.15) is 5.82 Å². The van der Waals surface area contributed by atoms with E-state index in [1.54, 1.807) is 12.1 Å². The molecule has 0 radical (unpaired) electrons. The van der Waals surface area contributed by atoms with Crippen molar-refractivity contribution in [2.24, 2.45) is 22.2 Å². The van der Waals surface area contributed by atoms with Gasteiger partial charge in [0.25, 0.3) is 0 Å². The van der Waals surface area contributed by atoms with Crippen molar-refractivity contribution < 1.29 is 9.18 Å². The Bertz CT molecular complexity index is 1120. The number of amides is 2. The summed E-state index contributed by atoms with van der Waals surface area (Å²) in [4.78, 5) is 19.6. The van der Waals surface area contributed by atoms with Crippen molar-refractivity contribution in [3.05, 3.63) is 77.6 Å². The van der Waals surface area contributed by atoms with E-state index in [0.29, 0.717) is 24.7 Å². The van der Waals surface area contributed by atoms with E-state index in [0.717, 1.165) is 37.0 Å². The maximum Gasteiger partial charge on any atom is 0.317 e. The Balaban J connectivity index is 1.60. The number of hydrogen-bond donors (Lipinski definition) is 2. The van der Waals surface area contributed by atoms with E-state index < -0.39 is 0 Å². The second-order valence-electron chi connectivity index (χ2n) is 10.1. The van der Waals surface area contributed by atoms with Gasteiger partial charge in [-0.1, -0.05) is 42.8 Å². The Morgan fingerprint density at radius 3 is 2.53 bits per heavy atom. The molecule has 0 spiro atoms. The number of allylic oxidation sites excluding steroid dienone is 2. The summed E-state index contributed by atoms with van der Waals surface area (Å²) in [5.41, 5.74) is 4.01. The molecule has 0 aliphatic heterocycles. The molecule has 2 aromatic carbocycles. The quantitative estimate of drug-likeness (QED) is 0.383. The van der Waals surface area contributed by atoms with Crippen molar-refractivity contribution >= 4 is 23.6 Å². The molecule has 2 amide bonds. The minimum Gasteiger partial charge on any atom is -0.331 e. The highest BCUT2D eigenvalue weighted by atomic mass is 19.1. The van der Waals surface area contributed by atoms with Crippen LogP contribution < -0.4 is 5.32 Å². The van der Waals surface area contributed by atoms with E-state index in [1.165, 1.54) is 23.9 Å². The van der Waals surface area contributed by atoms with Gasteiger partial charge in [-0.2, -0.15) is 0 Å². The van der Waals surface area contributed by atoms with Crippen LogP contribution >= 0.6 is 0 Å². The van der Waals surface area contributed by atoms with Crippen LogP contribution in [0.5, 0.6) is 0 Å². The number of aliphatic imine (C=N–C) groups is 1. The van der Waals surface area contributed by atoms with E-state index in [9.17, 15) is 9.18 Å². The van der Waals surface area contributed by atoms with Crippen LogP contribution in [0.1, 0.15) is 58.1 Å². The van der Waals surface area contributed by atoms with Crippen LogP contribution in [-0.4, -0.2) is 35.9 Å². The average Bonchev–Trinajstić information content (AvgIpc) is 3.20. The predicted molar refractivity (Wildman–Crippen MR) is 145 cm³/mol. The molecule has 1 fully saturated rings. The number of halogens is 1. The first-order valence-electron chi connectivity index (χ1n) is 13.0. The number of rotatable bonds is 8. The summed E-state index contributed by atoms with van der Waals surface area (Å²) in [5.74, 6) is 0.00226. The van der Waals surface area contributed by atoms with Gasteiger partial charge < -0.3 is 15.6 Å². The molecule has 2 aliphatic rings. The third kappa shape index (κ3) is 5.43. The predicted octanol–water partition coefficient (Wildman–Crippen LogP) is 7.09. The zero-order valence-corrected chi connectivity index (χ0v) is 21.5. The largest absolute Gasteiger partial charge is 0.331 e. The molecule has 2 aromatic rings. The zero-order valence-electron chi connectivity index (χ0n) is 21.5. The molecule has 36 heavy (non-hydrogen) atoms. The van der Waals surface area contributed by atoms with Crippen molar-refractivity contribution in [2.45, 2.75) is 52.5 Å².